The summed E-state index contributed by atoms with van der Waals surface area (Å²) in [5.74, 6) is -0.352. The van der Waals surface area contributed by atoms with E-state index in [1.54, 1.807) is 26.8 Å². The maximum atomic E-state index is 11.5. The van der Waals surface area contributed by atoms with Crippen LogP contribution in [0.25, 0.3) is 0 Å². The number of aldehydes is 1. The first-order valence-corrected chi connectivity index (χ1v) is 7.37. The summed E-state index contributed by atoms with van der Waals surface area (Å²) in [5.41, 5.74) is 0.229. The maximum Gasteiger partial charge on any atom is 0.407 e. The minimum absolute atomic E-state index is 0.124. The predicted molar refractivity (Wildman–Crippen MR) is 85.6 cm³/mol. The zero-order chi connectivity index (χ0) is 17.5. The Morgan fingerprint density at radius 1 is 1.30 bits per heavy atom. The standard InChI is InChI=1S/C16H24N2O5/c1-16(2,3)23-15(22)18-9-12(10-19)17-7-6-11-4-5-13(20)14(21)8-11/h4-5,8,10,12,17,20-21H,6-7,9H2,1-3H3,(H,18,22). The van der Waals surface area contributed by atoms with Crippen molar-refractivity contribution in [2.75, 3.05) is 13.1 Å². The van der Waals surface area contributed by atoms with Crippen molar-refractivity contribution in [3.05, 3.63) is 23.8 Å². The van der Waals surface area contributed by atoms with Crippen molar-refractivity contribution in [3.8, 4) is 11.5 Å². The number of carbonyl (C=O) groups excluding carboxylic acids is 2. The van der Waals surface area contributed by atoms with Gasteiger partial charge in [-0.1, -0.05) is 6.07 Å². The van der Waals surface area contributed by atoms with Crippen LogP contribution in [0.4, 0.5) is 4.79 Å². The van der Waals surface area contributed by atoms with Crippen molar-refractivity contribution in [1.82, 2.24) is 10.6 Å². The number of phenols is 2. The minimum Gasteiger partial charge on any atom is -0.504 e. The SMILES string of the molecule is CC(C)(C)OC(=O)NCC(C=O)NCCc1ccc(O)c(O)c1. The number of phenolic OH excluding ortho intramolecular Hbond substituents is 2. The summed E-state index contributed by atoms with van der Waals surface area (Å²) in [4.78, 5) is 22.5. The van der Waals surface area contributed by atoms with E-state index in [1.807, 2.05) is 0 Å². The van der Waals surface area contributed by atoms with E-state index in [2.05, 4.69) is 10.6 Å². The number of amides is 1. The average molecular weight is 324 g/mol. The van der Waals surface area contributed by atoms with Gasteiger partial charge in [-0.25, -0.2) is 4.79 Å². The van der Waals surface area contributed by atoms with E-state index in [0.29, 0.717) is 19.3 Å². The molecular weight excluding hydrogens is 300 g/mol. The summed E-state index contributed by atoms with van der Waals surface area (Å²) in [6, 6.07) is 4.02. The molecule has 0 saturated heterocycles. The molecule has 128 valence electrons. The number of hydrogen-bond donors (Lipinski definition) is 4. The predicted octanol–water partition coefficient (Wildman–Crippen LogP) is 1.32. The van der Waals surface area contributed by atoms with Crippen molar-refractivity contribution in [1.29, 1.82) is 0 Å². The molecule has 1 amide bonds. The molecule has 7 heteroatoms. The lowest BCUT2D eigenvalue weighted by Crippen LogP contribution is -2.44. The van der Waals surface area contributed by atoms with Gasteiger partial charge in [0.25, 0.3) is 0 Å². The van der Waals surface area contributed by atoms with Gasteiger partial charge in [0.2, 0.25) is 0 Å². The molecule has 7 nitrogen and oxygen atoms in total. The van der Waals surface area contributed by atoms with Gasteiger partial charge in [0.1, 0.15) is 11.9 Å². The highest BCUT2D eigenvalue weighted by molar-refractivity contribution is 5.69. The van der Waals surface area contributed by atoms with E-state index >= 15 is 0 Å². The minimum atomic E-state index is -0.588. The molecule has 1 rings (SSSR count). The molecule has 0 radical (unpaired) electrons. The van der Waals surface area contributed by atoms with Crippen LogP contribution in [0.15, 0.2) is 18.2 Å². The maximum absolute atomic E-state index is 11.5. The first-order valence-electron chi connectivity index (χ1n) is 7.37. The van der Waals surface area contributed by atoms with Crippen LogP contribution in [0, 0.1) is 0 Å². The smallest absolute Gasteiger partial charge is 0.407 e. The fraction of sp³-hybridized carbons (Fsp3) is 0.500. The van der Waals surface area contributed by atoms with Gasteiger partial charge in [-0.05, 0) is 51.4 Å². The summed E-state index contributed by atoms with van der Waals surface area (Å²) in [6.45, 7) is 5.88. The van der Waals surface area contributed by atoms with Crippen molar-refractivity contribution in [2.24, 2.45) is 0 Å². The monoisotopic (exact) mass is 324 g/mol. The first-order chi connectivity index (χ1) is 10.7. The quantitative estimate of drug-likeness (QED) is 0.445. The van der Waals surface area contributed by atoms with Crippen LogP contribution >= 0.6 is 0 Å². The normalized spacial score (nSPS) is 12.5. The van der Waals surface area contributed by atoms with E-state index in [1.165, 1.54) is 12.1 Å². The molecular formula is C16H24N2O5. The second kappa shape index (κ2) is 8.38. The molecule has 1 atom stereocenters. The third-order valence-corrected chi connectivity index (χ3v) is 2.89. The van der Waals surface area contributed by atoms with Gasteiger partial charge in [0, 0.05) is 6.54 Å². The molecule has 0 bridgehead atoms. The summed E-state index contributed by atoms with van der Waals surface area (Å²) in [7, 11) is 0. The molecule has 0 spiro atoms. The zero-order valence-electron chi connectivity index (χ0n) is 13.6. The van der Waals surface area contributed by atoms with Crippen LogP contribution in [0.3, 0.4) is 0 Å². The first kappa shape index (κ1) is 18.8. The van der Waals surface area contributed by atoms with Crippen molar-refractivity contribution < 1.29 is 24.5 Å². The molecule has 0 aliphatic heterocycles. The van der Waals surface area contributed by atoms with Crippen LogP contribution in [0.1, 0.15) is 26.3 Å². The molecule has 23 heavy (non-hydrogen) atoms. The second-order valence-corrected chi connectivity index (χ2v) is 6.15. The molecule has 4 N–H and O–H groups in total. The third-order valence-electron chi connectivity index (χ3n) is 2.89. The molecule has 1 unspecified atom stereocenters. The molecule has 0 heterocycles. The third kappa shape index (κ3) is 7.51. The van der Waals surface area contributed by atoms with Crippen LogP contribution in [-0.2, 0) is 16.0 Å². The van der Waals surface area contributed by atoms with Crippen molar-refractivity contribution >= 4 is 12.4 Å². The highest BCUT2D eigenvalue weighted by Crippen LogP contribution is 2.24. The van der Waals surface area contributed by atoms with Crippen LogP contribution in [0.5, 0.6) is 11.5 Å². The van der Waals surface area contributed by atoms with E-state index in [-0.39, 0.29) is 18.0 Å². The Balaban J connectivity index is 2.35. The molecule has 1 aromatic rings. The molecule has 0 aliphatic rings. The van der Waals surface area contributed by atoms with Gasteiger partial charge in [-0.15, -0.1) is 0 Å². The van der Waals surface area contributed by atoms with Gasteiger partial charge < -0.3 is 30.4 Å². The number of benzene rings is 1. The Morgan fingerprint density at radius 3 is 2.57 bits per heavy atom. The summed E-state index contributed by atoms with van der Waals surface area (Å²) in [6.07, 6.45) is 0.700. The zero-order valence-corrected chi connectivity index (χ0v) is 13.6. The van der Waals surface area contributed by atoms with Gasteiger partial charge in [-0.3, -0.25) is 0 Å². The van der Waals surface area contributed by atoms with Gasteiger partial charge >= 0.3 is 6.09 Å². The lowest BCUT2D eigenvalue weighted by atomic mass is 10.1. The van der Waals surface area contributed by atoms with Crippen LogP contribution in [0.2, 0.25) is 0 Å². The number of hydrogen-bond acceptors (Lipinski definition) is 6. The number of aromatic hydroxyl groups is 2. The van der Waals surface area contributed by atoms with Crippen molar-refractivity contribution in [3.63, 3.8) is 0 Å². The summed E-state index contributed by atoms with van der Waals surface area (Å²) < 4.78 is 5.09. The Hall–Kier alpha value is -2.28. The van der Waals surface area contributed by atoms with Crippen LogP contribution in [-0.4, -0.2) is 47.3 Å². The Labute approximate surface area is 135 Å². The van der Waals surface area contributed by atoms with Gasteiger partial charge in [0.05, 0.1) is 6.04 Å². The second-order valence-electron chi connectivity index (χ2n) is 6.15. The van der Waals surface area contributed by atoms with E-state index < -0.39 is 17.7 Å². The number of ether oxygens (including phenoxy) is 1. The molecule has 1 aromatic carbocycles. The van der Waals surface area contributed by atoms with Crippen molar-refractivity contribution in [2.45, 2.75) is 38.8 Å². The summed E-state index contributed by atoms with van der Waals surface area (Å²) >= 11 is 0. The van der Waals surface area contributed by atoms with E-state index in [4.69, 9.17) is 4.74 Å². The average Bonchev–Trinajstić information content (AvgIpc) is 2.44. The topological polar surface area (TPSA) is 108 Å². The molecule has 0 fully saturated rings. The van der Waals surface area contributed by atoms with Gasteiger partial charge in [0.15, 0.2) is 11.5 Å². The van der Waals surface area contributed by atoms with E-state index in [9.17, 15) is 19.8 Å². The number of carbonyl (C=O) groups is 2. The molecule has 0 aliphatic carbocycles. The van der Waals surface area contributed by atoms with Crippen LogP contribution < -0.4 is 10.6 Å². The lowest BCUT2D eigenvalue weighted by Gasteiger charge is -2.20. The Bertz CT molecular complexity index is 540. The van der Waals surface area contributed by atoms with E-state index in [0.717, 1.165) is 5.56 Å². The Kier molecular flexibility index (Phi) is 6.84. The highest BCUT2D eigenvalue weighted by atomic mass is 16.6. The number of nitrogens with one attached hydrogen (secondary N) is 2. The molecule has 0 saturated carbocycles. The lowest BCUT2D eigenvalue weighted by molar-refractivity contribution is -0.109. The number of alkyl carbamates (subject to hydrolysis) is 1. The fourth-order valence-electron chi connectivity index (χ4n) is 1.80. The fourth-order valence-corrected chi connectivity index (χ4v) is 1.80. The Morgan fingerprint density at radius 2 is 2.00 bits per heavy atom. The summed E-state index contributed by atoms with van der Waals surface area (Å²) in [5, 5.41) is 24.2. The largest absolute Gasteiger partial charge is 0.504 e. The highest BCUT2D eigenvalue weighted by Gasteiger charge is 2.17. The molecule has 0 aromatic heterocycles. The van der Waals surface area contributed by atoms with Gasteiger partial charge in [-0.2, -0.15) is 0 Å². The number of rotatable bonds is 7.